The predicted molar refractivity (Wildman–Crippen MR) is 115 cm³/mol. The average molecular weight is 432 g/mol. The second kappa shape index (κ2) is 8.55. The van der Waals surface area contributed by atoms with Crippen LogP contribution in [0.2, 0.25) is 5.02 Å². The summed E-state index contributed by atoms with van der Waals surface area (Å²) in [4.78, 5) is 41.4. The van der Waals surface area contributed by atoms with Crippen molar-refractivity contribution in [1.82, 2.24) is 4.90 Å². The van der Waals surface area contributed by atoms with Gasteiger partial charge in [-0.2, -0.15) is 0 Å². The predicted octanol–water partition coefficient (Wildman–Crippen LogP) is 4.02. The first kappa shape index (κ1) is 19.9. The minimum Gasteiger partial charge on any atom is -0.337 e. The number of carbonyl (C=O) groups excluding carboxylic acids is 3. The van der Waals surface area contributed by atoms with Gasteiger partial charge in [0.15, 0.2) is 0 Å². The molecule has 1 N–H and O–H groups in total. The Bertz CT molecular complexity index is 931. The van der Waals surface area contributed by atoms with Crippen molar-refractivity contribution in [3.05, 3.63) is 45.6 Å². The van der Waals surface area contributed by atoms with Crippen LogP contribution in [0.1, 0.15) is 35.4 Å². The highest BCUT2D eigenvalue weighted by Crippen LogP contribution is 2.32. The number of piperidine rings is 1. The number of anilines is 2. The zero-order valence-corrected chi connectivity index (χ0v) is 17.5. The number of benzene rings is 1. The normalized spacial score (nSPS) is 19.5. The molecular weight excluding hydrogens is 410 g/mol. The van der Waals surface area contributed by atoms with E-state index in [-0.39, 0.29) is 23.6 Å². The summed E-state index contributed by atoms with van der Waals surface area (Å²) in [7, 11) is 0. The molecule has 1 aromatic carbocycles. The van der Waals surface area contributed by atoms with Gasteiger partial charge in [-0.05, 0) is 48.9 Å². The highest BCUT2D eigenvalue weighted by molar-refractivity contribution is 7.12. The highest BCUT2D eigenvalue weighted by atomic mass is 35.5. The highest BCUT2D eigenvalue weighted by Gasteiger charge is 2.29. The van der Waals surface area contributed by atoms with Crippen molar-refractivity contribution < 1.29 is 14.4 Å². The lowest BCUT2D eigenvalue weighted by molar-refractivity contribution is -0.121. The van der Waals surface area contributed by atoms with E-state index in [1.807, 2.05) is 17.5 Å². The van der Waals surface area contributed by atoms with Crippen molar-refractivity contribution in [3.63, 3.8) is 0 Å². The van der Waals surface area contributed by atoms with Crippen LogP contribution in [-0.4, -0.2) is 42.3 Å². The van der Waals surface area contributed by atoms with E-state index in [4.69, 9.17) is 11.6 Å². The molecule has 3 amide bonds. The summed E-state index contributed by atoms with van der Waals surface area (Å²) in [6.45, 7) is 1.75. The number of hydrogen-bond acceptors (Lipinski definition) is 4. The second-order valence-electron chi connectivity index (χ2n) is 7.37. The molecule has 0 aliphatic carbocycles. The molecule has 2 aliphatic heterocycles. The van der Waals surface area contributed by atoms with E-state index in [0.29, 0.717) is 47.3 Å². The van der Waals surface area contributed by atoms with Crippen molar-refractivity contribution in [3.8, 4) is 0 Å². The quantitative estimate of drug-likeness (QED) is 0.794. The standard InChI is InChI=1S/C21H22ClN3O3S/c22-16-12-15(7-8-17(16)25-10-2-6-19(25)26)23-20(27)14-4-1-9-24(13-14)21(28)18-5-3-11-29-18/h3,5,7-8,11-12,14H,1-2,4,6,9-10,13H2,(H,23,27)/t14-/m1/s1. The van der Waals surface area contributed by atoms with E-state index in [9.17, 15) is 14.4 Å². The number of thiophene rings is 1. The van der Waals surface area contributed by atoms with Gasteiger partial charge in [-0.1, -0.05) is 17.7 Å². The number of nitrogens with zero attached hydrogens (tertiary/aromatic N) is 2. The van der Waals surface area contributed by atoms with E-state index in [2.05, 4.69) is 5.32 Å². The average Bonchev–Trinajstić information content (AvgIpc) is 3.40. The molecule has 2 aromatic rings. The summed E-state index contributed by atoms with van der Waals surface area (Å²) in [5, 5.41) is 5.23. The van der Waals surface area contributed by atoms with Crippen molar-refractivity contribution in [1.29, 1.82) is 0 Å². The summed E-state index contributed by atoms with van der Waals surface area (Å²) in [6, 6.07) is 8.88. The maximum absolute atomic E-state index is 12.8. The van der Waals surface area contributed by atoms with Crippen LogP contribution in [0.15, 0.2) is 35.7 Å². The van der Waals surface area contributed by atoms with Gasteiger partial charge in [0, 0.05) is 31.7 Å². The zero-order chi connectivity index (χ0) is 20.4. The molecule has 3 heterocycles. The summed E-state index contributed by atoms with van der Waals surface area (Å²) in [5.41, 5.74) is 1.27. The van der Waals surface area contributed by atoms with Crippen LogP contribution in [0.5, 0.6) is 0 Å². The minimum atomic E-state index is -0.258. The smallest absolute Gasteiger partial charge is 0.263 e. The first-order chi connectivity index (χ1) is 14.0. The number of hydrogen-bond donors (Lipinski definition) is 1. The fourth-order valence-electron chi connectivity index (χ4n) is 3.88. The van der Waals surface area contributed by atoms with Crippen LogP contribution in [0, 0.1) is 5.92 Å². The van der Waals surface area contributed by atoms with E-state index >= 15 is 0 Å². The van der Waals surface area contributed by atoms with Crippen LogP contribution >= 0.6 is 22.9 Å². The third kappa shape index (κ3) is 4.31. The minimum absolute atomic E-state index is 0.0137. The molecule has 2 aliphatic rings. The van der Waals surface area contributed by atoms with Crippen LogP contribution in [-0.2, 0) is 9.59 Å². The molecule has 0 saturated carbocycles. The Morgan fingerprint density at radius 3 is 2.72 bits per heavy atom. The van der Waals surface area contributed by atoms with E-state index in [1.54, 1.807) is 28.0 Å². The molecule has 1 atom stereocenters. The van der Waals surface area contributed by atoms with Gasteiger partial charge in [0.05, 0.1) is 21.5 Å². The maximum Gasteiger partial charge on any atom is 0.263 e. The zero-order valence-electron chi connectivity index (χ0n) is 15.9. The summed E-state index contributed by atoms with van der Waals surface area (Å²) < 4.78 is 0. The Labute approximate surface area is 178 Å². The Hall–Kier alpha value is -2.38. The molecule has 1 aromatic heterocycles. The summed E-state index contributed by atoms with van der Waals surface area (Å²) >= 11 is 7.78. The van der Waals surface area contributed by atoms with Crippen LogP contribution in [0.3, 0.4) is 0 Å². The molecule has 6 nitrogen and oxygen atoms in total. The van der Waals surface area contributed by atoms with Gasteiger partial charge in [0.2, 0.25) is 11.8 Å². The van der Waals surface area contributed by atoms with Crippen molar-refractivity contribution >= 4 is 52.0 Å². The summed E-state index contributed by atoms with van der Waals surface area (Å²) in [6.07, 6.45) is 2.91. The lowest BCUT2D eigenvalue weighted by Gasteiger charge is -2.31. The molecular formula is C21H22ClN3O3S. The number of likely N-dealkylation sites (tertiary alicyclic amines) is 1. The fraction of sp³-hybridized carbons (Fsp3) is 0.381. The molecule has 0 unspecified atom stereocenters. The van der Waals surface area contributed by atoms with Gasteiger partial charge < -0.3 is 15.1 Å². The van der Waals surface area contributed by atoms with E-state index in [1.165, 1.54) is 11.3 Å². The molecule has 29 heavy (non-hydrogen) atoms. The lowest BCUT2D eigenvalue weighted by atomic mass is 9.97. The molecule has 4 rings (SSSR count). The van der Waals surface area contributed by atoms with Crippen molar-refractivity contribution in [2.24, 2.45) is 5.92 Å². The Morgan fingerprint density at radius 1 is 1.17 bits per heavy atom. The van der Waals surface area contributed by atoms with Crippen molar-refractivity contribution in [2.75, 3.05) is 29.9 Å². The lowest BCUT2D eigenvalue weighted by Crippen LogP contribution is -2.43. The molecule has 2 fully saturated rings. The molecule has 2 saturated heterocycles. The van der Waals surface area contributed by atoms with Crippen LogP contribution in [0.25, 0.3) is 0 Å². The number of carbonyl (C=O) groups is 3. The molecule has 0 bridgehead atoms. The first-order valence-electron chi connectivity index (χ1n) is 9.76. The third-order valence-electron chi connectivity index (χ3n) is 5.39. The van der Waals surface area contributed by atoms with Crippen molar-refractivity contribution in [2.45, 2.75) is 25.7 Å². The largest absolute Gasteiger partial charge is 0.337 e. The van der Waals surface area contributed by atoms with Gasteiger partial charge in [0.25, 0.3) is 5.91 Å². The maximum atomic E-state index is 12.8. The second-order valence-corrected chi connectivity index (χ2v) is 8.73. The van der Waals surface area contributed by atoms with Gasteiger partial charge in [-0.3, -0.25) is 14.4 Å². The third-order valence-corrected chi connectivity index (χ3v) is 6.55. The monoisotopic (exact) mass is 431 g/mol. The topological polar surface area (TPSA) is 69.7 Å². The number of amides is 3. The number of halogens is 1. The van der Waals surface area contributed by atoms with Gasteiger partial charge in [-0.15, -0.1) is 11.3 Å². The Balaban J connectivity index is 1.40. The number of nitrogens with one attached hydrogen (secondary N) is 1. The molecule has 0 radical (unpaired) electrons. The van der Waals surface area contributed by atoms with Gasteiger partial charge >= 0.3 is 0 Å². The molecule has 0 spiro atoms. The van der Waals surface area contributed by atoms with Gasteiger partial charge in [-0.25, -0.2) is 0 Å². The van der Waals surface area contributed by atoms with Crippen LogP contribution in [0.4, 0.5) is 11.4 Å². The van der Waals surface area contributed by atoms with E-state index in [0.717, 1.165) is 19.3 Å². The fourth-order valence-corrected chi connectivity index (χ4v) is 4.86. The summed E-state index contributed by atoms with van der Waals surface area (Å²) in [5.74, 6) is -0.317. The first-order valence-corrected chi connectivity index (χ1v) is 11.0. The Morgan fingerprint density at radius 2 is 2.03 bits per heavy atom. The molecule has 152 valence electrons. The Kier molecular flexibility index (Phi) is 5.87. The van der Waals surface area contributed by atoms with E-state index < -0.39 is 0 Å². The number of rotatable bonds is 4. The SMILES string of the molecule is O=C(Nc1ccc(N2CCCC2=O)c(Cl)c1)[C@@H]1CCCN(C(=O)c2cccs2)C1. The van der Waals surface area contributed by atoms with Gasteiger partial charge in [0.1, 0.15) is 0 Å². The van der Waals surface area contributed by atoms with Crippen LogP contribution < -0.4 is 10.2 Å². The molecule has 8 heteroatoms.